The number of nitrogens with one attached hydrogen (secondary N) is 1. The molecule has 0 rings (SSSR count). The van der Waals surface area contributed by atoms with E-state index in [1.165, 1.54) is 6.42 Å². The molecule has 1 unspecified atom stereocenters. The maximum atomic E-state index is 9.17. The lowest BCUT2D eigenvalue weighted by Crippen LogP contribution is -2.45. The van der Waals surface area contributed by atoms with Crippen LogP contribution < -0.4 is 5.32 Å². The van der Waals surface area contributed by atoms with Crippen LogP contribution in [-0.4, -0.2) is 36.1 Å². The molecule has 0 radical (unpaired) electrons. The zero-order chi connectivity index (χ0) is 12.6. The monoisotopic (exact) mass is 225 g/mol. The van der Waals surface area contributed by atoms with Gasteiger partial charge in [-0.1, -0.05) is 13.8 Å². The Morgan fingerprint density at radius 3 is 2.31 bits per heavy atom. The van der Waals surface area contributed by atoms with Gasteiger partial charge < -0.3 is 4.90 Å². The highest BCUT2D eigenvalue weighted by atomic mass is 15.1. The first-order valence-electron chi connectivity index (χ1n) is 6.39. The van der Waals surface area contributed by atoms with Gasteiger partial charge in [0, 0.05) is 12.6 Å². The van der Waals surface area contributed by atoms with Crippen LogP contribution in [0.5, 0.6) is 0 Å². The summed E-state index contributed by atoms with van der Waals surface area (Å²) < 4.78 is 0. The zero-order valence-corrected chi connectivity index (χ0v) is 11.5. The lowest BCUT2D eigenvalue weighted by atomic mass is 9.99. The van der Waals surface area contributed by atoms with Gasteiger partial charge in [0.05, 0.1) is 6.07 Å². The molecule has 0 fully saturated rings. The largest absolute Gasteiger partial charge is 0.301 e. The molecule has 0 aromatic carbocycles. The first-order valence-corrected chi connectivity index (χ1v) is 6.39. The van der Waals surface area contributed by atoms with E-state index in [-0.39, 0.29) is 5.54 Å². The van der Waals surface area contributed by atoms with Gasteiger partial charge >= 0.3 is 0 Å². The van der Waals surface area contributed by atoms with Crippen molar-refractivity contribution in [1.82, 2.24) is 10.2 Å². The van der Waals surface area contributed by atoms with E-state index in [0.29, 0.717) is 6.04 Å². The van der Waals surface area contributed by atoms with E-state index in [2.05, 4.69) is 37.1 Å². The summed E-state index contributed by atoms with van der Waals surface area (Å²) >= 11 is 0. The van der Waals surface area contributed by atoms with Crippen LogP contribution in [0, 0.1) is 11.3 Å². The number of rotatable bonds is 8. The second-order valence-electron chi connectivity index (χ2n) is 4.85. The third-order valence-corrected chi connectivity index (χ3v) is 2.95. The normalized spacial score (nSPS) is 15.1. The standard InChI is InChI=1S/C13H27N3/c1-6-9-16(12(3)4)10-8-13(5,11-14)15-7-2/h12,15H,6-10H2,1-5H3. The molecule has 0 spiro atoms. The van der Waals surface area contributed by atoms with Gasteiger partial charge in [0.25, 0.3) is 0 Å². The van der Waals surface area contributed by atoms with Gasteiger partial charge in [-0.05, 0) is 46.7 Å². The average molecular weight is 225 g/mol. The summed E-state index contributed by atoms with van der Waals surface area (Å²) in [6, 6.07) is 2.94. The smallest absolute Gasteiger partial charge is 0.105 e. The first kappa shape index (κ1) is 15.4. The van der Waals surface area contributed by atoms with Crippen molar-refractivity contribution >= 4 is 0 Å². The van der Waals surface area contributed by atoms with Crippen molar-refractivity contribution in [1.29, 1.82) is 5.26 Å². The summed E-state index contributed by atoms with van der Waals surface area (Å²) in [5.74, 6) is 0. The predicted molar refractivity (Wildman–Crippen MR) is 69.3 cm³/mol. The molecule has 0 aliphatic heterocycles. The second kappa shape index (κ2) is 7.65. The quantitative estimate of drug-likeness (QED) is 0.689. The molecule has 94 valence electrons. The molecule has 0 amide bonds. The summed E-state index contributed by atoms with van der Waals surface area (Å²) in [7, 11) is 0. The van der Waals surface area contributed by atoms with Crippen LogP contribution in [-0.2, 0) is 0 Å². The maximum absolute atomic E-state index is 9.17. The lowest BCUT2D eigenvalue weighted by molar-refractivity contribution is 0.202. The molecule has 3 heteroatoms. The number of nitriles is 1. The van der Waals surface area contributed by atoms with Crippen molar-refractivity contribution in [3.8, 4) is 6.07 Å². The van der Waals surface area contributed by atoms with E-state index in [1.807, 2.05) is 13.8 Å². The van der Waals surface area contributed by atoms with Crippen LogP contribution in [0.2, 0.25) is 0 Å². The Balaban J connectivity index is 4.22. The fraction of sp³-hybridized carbons (Fsp3) is 0.923. The van der Waals surface area contributed by atoms with Crippen molar-refractivity contribution in [3.05, 3.63) is 0 Å². The maximum Gasteiger partial charge on any atom is 0.105 e. The minimum atomic E-state index is -0.379. The highest BCUT2D eigenvalue weighted by Gasteiger charge is 2.23. The molecule has 3 nitrogen and oxygen atoms in total. The SMILES string of the molecule is CCCN(CCC(C)(C#N)NCC)C(C)C. The minimum Gasteiger partial charge on any atom is -0.301 e. The van der Waals surface area contributed by atoms with Crippen LogP contribution >= 0.6 is 0 Å². The Hall–Kier alpha value is -0.590. The Bertz CT molecular complexity index is 220. The third-order valence-electron chi connectivity index (χ3n) is 2.95. The molecule has 1 N–H and O–H groups in total. The molecule has 0 bridgehead atoms. The zero-order valence-electron chi connectivity index (χ0n) is 11.5. The van der Waals surface area contributed by atoms with E-state index < -0.39 is 0 Å². The molecule has 0 aliphatic carbocycles. The molecule has 0 aromatic rings. The highest BCUT2D eigenvalue weighted by molar-refractivity contribution is 5.03. The van der Waals surface area contributed by atoms with Crippen LogP contribution in [0.3, 0.4) is 0 Å². The molecular weight excluding hydrogens is 198 g/mol. The van der Waals surface area contributed by atoms with Crippen molar-refractivity contribution in [3.63, 3.8) is 0 Å². The van der Waals surface area contributed by atoms with Crippen LogP contribution in [0.25, 0.3) is 0 Å². The van der Waals surface area contributed by atoms with Gasteiger partial charge in [0.15, 0.2) is 0 Å². The van der Waals surface area contributed by atoms with Crippen molar-refractivity contribution in [2.45, 2.75) is 59.0 Å². The van der Waals surface area contributed by atoms with Crippen molar-refractivity contribution in [2.24, 2.45) is 0 Å². The Labute approximate surface area is 101 Å². The van der Waals surface area contributed by atoms with Crippen LogP contribution in [0.15, 0.2) is 0 Å². The number of hydrogen-bond acceptors (Lipinski definition) is 3. The van der Waals surface area contributed by atoms with E-state index in [4.69, 9.17) is 5.26 Å². The first-order chi connectivity index (χ1) is 7.49. The van der Waals surface area contributed by atoms with Crippen LogP contribution in [0.1, 0.15) is 47.5 Å². The molecule has 0 aromatic heterocycles. The van der Waals surface area contributed by atoms with E-state index in [9.17, 15) is 0 Å². The Morgan fingerprint density at radius 2 is 1.94 bits per heavy atom. The molecule has 0 heterocycles. The van der Waals surface area contributed by atoms with Crippen molar-refractivity contribution in [2.75, 3.05) is 19.6 Å². The molecule has 1 atom stereocenters. The van der Waals surface area contributed by atoms with Gasteiger partial charge in [0.2, 0.25) is 0 Å². The molecule has 0 saturated heterocycles. The fourth-order valence-electron chi connectivity index (χ4n) is 1.86. The molecule has 0 aliphatic rings. The number of hydrogen-bond donors (Lipinski definition) is 1. The fourth-order valence-corrected chi connectivity index (χ4v) is 1.86. The summed E-state index contributed by atoms with van der Waals surface area (Å²) in [6.45, 7) is 13.6. The highest BCUT2D eigenvalue weighted by Crippen LogP contribution is 2.11. The minimum absolute atomic E-state index is 0.379. The number of nitrogens with zero attached hydrogens (tertiary/aromatic N) is 2. The van der Waals surface area contributed by atoms with E-state index in [1.54, 1.807) is 0 Å². The molecular formula is C13H27N3. The van der Waals surface area contributed by atoms with Crippen molar-refractivity contribution < 1.29 is 0 Å². The summed E-state index contributed by atoms with van der Waals surface area (Å²) in [5.41, 5.74) is -0.379. The Morgan fingerprint density at radius 1 is 1.31 bits per heavy atom. The predicted octanol–water partition coefficient (Wildman–Crippen LogP) is 2.39. The topological polar surface area (TPSA) is 39.1 Å². The van der Waals surface area contributed by atoms with E-state index in [0.717, 1.165) is 26.1 Å². The molecule has 16 heavy (non-hydrogen) atoms. The third kappa shape index (κ3) is 5.48. The lowest BCUT2D eigenvalue weighted by Gasteiger charge is -2.30. The van der Waals surface area contributed by atoms with Gasteiger partial charge in [0.1, 0.15) is 5.54 Å². The van der Waals surface area contributed by atoms with Gasteiger partial charge in [-0.3, -0.25) is 5.32 Å². The van der Waals surface area contributed by atoms with Gasteiger partial charge in [-0.15, -0.1) is 0 Å². The average Bonchev–Trinajstić information content (AvgIpc) is 2.24. The Kier molecular flexibility index (Phi) is 7.36. The van der Waals surface area contributed by atoms with Crippen LogP contribution in [0.4, 0.5) is 0 Å². The summed E-state index contributed by atoms with van der Waals surface area (Å²) in [6.07, 6.45) is 2.05. The summed E-state index contributed by atoms with van der Waals surface area (Å²) in [4.78, 5) is 2.44. The van der Waals surface area contributed by atoms with E-state index >= 15 is 0 Å². The van der Waals surface area contributed by atoms with Gasteiger partial charge in [-0.25, -0.2) is 0 Å². The summed E-state index contributed by atoms with van der Waals surface area (Å²) in [5, 5.41) is 12.4. The second-order valence-corrected chi connectivity index (χ2v) is 4.85. The molecule has 0 saturated carbocycles. The van der Waals surface area contributed by atoms with Gasteiger partial charge in [-0.2, -0.15) is 5.26 Å².